The number of benzene rings is 2. The molecule has 18 heavy (non-hydrogen) atoms. The number of anilines is 1. The smallest absolute Gasteiger partial charge is 0.136 e. The predicted octanol–water partition coefficient (Wildman–Crippen LogP) is 3.08. The van der Waals surface area contributed by atoms with Crippen LogP contribution in [0.15, 0.2) is 46.9 Å². The van der Waals surface area contributed by atoms with Crippen LogP contribution >= 0.6 is 0 Å². The molecule has 0 radical (unpaired) electrons. The third-order valence-corrected chi connectivity index (χ3v) is 3.06. The Bertz CT molecular complexity index is 743. The van der Waals surface area contributed by atoms with Crippen LogP contribution in [0.5, 0.6) is 0 Å². The maximum absolute atomic E-state index is 7.63. The molecule has 0 fully saturated rings. The summed E-state index contributed by atoms with van der Waals surface area (Å²) < 4.78 is 5.87. The molecule has 2 aliphatic rings. The lowest BCUT2D eigenvalue weighted by Crippen LogP contribution is -2.08. The van der Waals surface area contributed by atoms with Crippen LogP contribution in [0.1, 0.15) is 0 Å². The predicted molar refractivity (Wildman–Crippen MR) is 73.0 cm³/mol. The van der Waals surface area contributed by atoms with Crippen molar-refractivity contribution in [1.29, 1.82) is 5.41 Å². The van der Waals surface area contributed by atoms with Crippen molar-refractivity contribution in [2.24, 2.45) is 0 Å². The van der Waals surface area contributed by atoms with E-state index in [4.69, 9.17) is 9.83 Å². The summed E-state index contributed by atoms with van der Waals surface area (Å²) in [5.41, 5.74) is 2.98. The lowest BCUT2D eigenvalue weighted by atomic mass is 10.1. The van der Waals surface area contributed by atoms with Gasteiger partial charge in [-0.15, -0.1) is 0 Å². The van der Waals surface area contributed by atoms with E-state index in [1.807, 2.05) is 31.1 Å². The minimum atomic E-state index is 0.467. The zero-order valence-electron chi connectivity index (χ0n) is 10.4. The Hall–Kier alpha value is -2.29. The second-order valence-corrected chi connectivity index (χ2v) is 4.62. The van der Waals surface area contributed by atoms with E-state index in [0.717, 1.165) is 28.0 Å². The molecule has 0 spiro atoms. The zero-order valence-corrected chi connectivity index (χ0v) is 10.4. The normalized spacial score (nSPS) is 11.0. The number of hydrogen-bond acceptors (Lipinski definition) is 3. The Balaban J connectivity index is 2.33. The molecule has 1 N–H and O–H groups in total. The summed E-state index contributed by atoms with van der Waals surface area (Å²) in [4.78, 5) is 2.04. The molecule has 0 aromatic heterocycles. The van der Waals surface area contributed by atoms with Gasteiger partial charge in [0.05, 0.1) is 5.36 Å². The first-order valence-electron chi connectivity index (χ1n) is 5.83. The highest BCUT2D eigenvalue weighted by molar-refractivity contribution is 5.85. The largest absolute Gasteiger partial charge is 0.456 e. The van der Waals surface area contributed by atoms with Crippen LogP contribution in [0.25, 0.3) is 22.3 Å². The quantitative estimate of drug-likeness (QED) is 0.662. The van der Waals surface area contributed by atoms with Crippen LogP contribution < -0.4 is 10.3 Å². The van der Waals surface area contributed by atoms with Crippen molar-refractivity contribution in [1.82, 2.24) is 0 Å². The molecule has 0 atom stereocenters. The Morgan fingerprint density at radius 1 is 1.00 bits per heavy atom. The molecule has 1 aromatic carbocycles. The first-order chi connectivity index (χ1) is 8.63. The summed E-state index contributed by atoms with van der Waals surface area (Å²) in [6.45, 7) is 0. The van der Waals surface area contributed by atoms with Gasteiger partial charge in [-0.3, -0.25) is 0 Å². The van der Waals surface area contributed by atoms with E-state index in [2.05, 4.69) is 18.2 Å². The van der Waals surface area contributed by atoms with Gasteiger partial charge in [0.2, 0.25) is 0 Å². The van der Waals surface area contributed by atoms with Crippen LogP contribution in [-0.4, -0.2) is 14.1 Å². The van der Waals surface area contributed by atoms with E-state index >= 15 is 0 Å². The van der Waals surface area contributed by atoms with E-state index in [9.17, 15) is 0 Å². The van der Waals surface area contributed by atoms with Crippen LogP contribution in [0.4, 0.5) is 5.69 Å². The van der Waals surface area contributed by atoms with Gasteiger partial charge in [0, 0.05) is 42.9 Å². The van der Waals surface area contributed by atoms with Crippen molar-refractivity contribution in [2.45, 2.75) is 0 Å². The Kier molecular flexibility index (Phi) is 2.33. The molecule has 3 nitrogen and oxygen atoms in total. The van der Waals surface area contributed by atoms with Crippen LogP contribution in [0, 0.1) is 5.41 Å². The van der Waals surface area contributed by atoms with Gasteiger partial charge in [-0.05, 0) is 30.3 Å². The van der Waals surface area contributed by atoms with Crippen molar-refractivity contribution in [2.75, 3.05) is 19.0 Å². The van der Waals surface area contributed by atoms with Gasteiger partial charge in [-0.1, -0.05) is 0 Å². The van der Waals surface area contributed by atoms with Crippen molar-refractivity contribution in [3.05, 3.63) is 47.8 Å². The Morgan fingerprint density at radius 3 is 2.61 bits per heavy atom. The monoisotopic (exact) mass is 238 g/mol. The van der Waals surface area contributed by atoms with E-state index in [0.29, 0.717) is 5.36 Å². The summed E-state index contributed by atoms with van der Waals surface area (Å²) in [6, 6.07) is 13.7. The van der Waals surface area contributed by atoms with Crippen LogP contribution in [0.3, 0.4) is 0 Å². The van der Waals surface area contributed by atoms with Crippen molar-refractivity contribution in [3.8, 4) is 11.3 Å². The average Bonchev–Trinajstić information content (AvgIpc) is 2.35. The Labute approximate surface area is 105 Å². The minimum absolute atomic E-state index is 0.467. The molecule has 0 saturated heterocycles. The molecule has 0 saturated carbocycles. The number of rotatable bonds is 1. The molecule has 3 rings (SSSR count). The molecule has 0 unspecified atom stereocenters. The van der Waals surface area contributed by atoms with E-state index in [1.54, 1.807) is 12.1 Å². The fourth-order valence-electron chi connectivity index (χ4n) is 2.04. The molecule has 90 valence electrons. The van der Waals surface area contributed by atoms with Crippen LogP contribution in [0.2, 0.25) is 0 Å². The topological polar surface area (TPSA) is 40.2 Å². The van der Waals surface area contributed by atoms with E-state index in [1.165, 1.54) is 0 Å². The van der Waals surface area contributed by atoms with Crippen molar-refractivity contribution >= 4 is 16.7 Å². The molecule has 3 heteroatoms. The van der Waals surface area contributed by atoms with E-state index < -0.39 is 0 Å². The molecule has 1 heterocycles. The summed E-state index contributed by atoms with van der Waals surface area (Å²) in [5, 5.41) is 9.17. The summed E-state index contributed by atoms with van der Waals surface area (Å²) in [6.07, 6.45) is 0. The summed E-state index contributed by atoms with van der Waals surface area (Å²) in [7, 11) is 4.01. The molecule has 1 aromatic rings. The van der Waals surface area contributed by atoms with Crippen molar-refractivity contribution in [3.63, 3.8) is 0 Å². The van der Waals surface area contributed by atoms with E-state index in [-0.39, 0.29) is 0 Å². The molecule has 1 aliphatic carbocycles. The number of hydrogen-bond donors (Lipinski definition) is 1. The van der Waals surface area contributed by atoms with Gasteiger partial charge in [-0.25, -0.2) is 0 Å². The van der Waals surface area contributed by atoms with Gasteiger partial charge < -0.3 is 14.7 Å². The highest BCUT2D eigenvalue weighted by Gasteiger charge is 2.07. The van der Waals surface area contributed by atoms with Crippen molar-refractivity contribution < 1.29 is 4.42 Å². The molecular formula is C15H14N2O. The fourth-order valence-corrected chi connectivity index (χ4v) is 2.04. The lowest BCUT2D eigenvalue weighted by molar-refractivity contribution is 0.618. The molecule has 1 aliphatic heterocycles. The molecular weight excluding hydrogens is 224 g/mol. The first kappa shape index (κ1) is 10.8. The summed E-state index contributed by atoms with van der Waals surface area (Å²) in [5.74, 6) is 0.755. The van der Waals surface area contributed by atoms with Gasteiger partial charge >= 0.3 is 0 Å². The Morgan fingerprint density at radius 2 is 1.83 bits per heavy atom. The van der Waals surface area contributed by atoms with Crippen LogP contribution in [-0.2, 0) is 0 Å². The molecule has 0 bridgehead atoms. The second-order valence-electron chi connectivity index (χ2n) is 4.62. The molecule has 0 amide bonds. The minimum Gasteiger partial charge on any atom is -0.456 e. The lowest BCUT2D eigenvalue weighted by Gasteiger charge is -2.13. The van der Waals surface area contributed by atoms with Gasteiger partial charge in [-0.2, -0.15) is 0 Å². The van der Waals surface area contributed by atoms with Gasteiger partial charge in [0.25, 0.3) is 0 Å². The number of nitrogens with one attached hydrogen (secondary N) is 1. The third-order valence-electron chi connectivity index (χ3n) is 3.06. The SMILES string of the molecule is CN(C)c1ccc2cc3ccc(=N)cc-3oc2c1. The van der Waals surface area contributed by atoms with Gasteiger partial charge in [0.15, 0.2) is 0 Å². The highest BCUT2D eigenvalue weighted by atomic mass is 16.3. The number of nitrogens with zero attached hydrogens (tertiary/aromatic N) is 1. The highest BCUT2D eigenvalue weighted by Crippen LogP contribution is 2.29. The summed E-state index contributed by atoms with van der Waals surface area (Å²) >= 11 is 0. The standard InChI is InChI=1S/C15H14N2O/c1-17(2)13-6-4-11-7-10-3-5-12(16)8-14(10)18-15(11)9-13/h3-9,16H,1-2H3. The zero-order chi connectivity index (χ0) is 12.7. The maximum atomic E-state index is 7.63. The second kappa shape index (κ2) is 3.88. The third kappa shape index (κ3) is 1.74. The van der Waals surface area contributed by atoms with Gasteiger partial charge in [0.1, 0.15) is 11.3 Å². The first-order valence-corrected chi connectivity index (χ1v) is 5.83. The maximum Gasteiger partial charge on any atom is 0.136 e. The average molecular weight is 238 g/mol. The fraction of sp³-hybridized carbons (Fsp3) is 0.133. The number of fused-ring (bicyclic) bond motifs is 2.